The Morgan fingerprint density at radius 1 is 1.20 bits per heavy atom. The Hall–Kier alpha value is -0.0400. The summed E-state index contributed by atoms with van der Waals surface area (Å²) in [6, 6.07) is 0. The molecular weight excluding hydrogens is 122 g/mol. The van der Waals surface area contributed by atoms with Gasteiger partial charge in [0.1, 0.15) is 0 Å². The predicted molar refractivity (Wildman–Crippen MR) is 42.9 cm³/mol. The molecule has 3 atom stereocenters. The second kappa shape index (κ2) is 2.54. The first-order valence-electron chi connectivity index (χ1n) is 4.58. The van der Waals surface area contributed by atoms with Gasteiger partial charge in [0.05, 0.1) is 0 Å². The van der Waals surface area contributed by atoms with Gasteiger partial charge in [-0.1, -0.05) is 13.3 Å². The quantitative estimate of drug-likeness (QED) is 0.538. The summed E-state index contributed by atoms with van der Waals surface area (Å²) in [5, 5.41) is 3.48. The van der Waals surface area contributed by atoms with Crippen LogP contribution in [0.3, 0.4) is 0 Å². The third kappa shape index (κ3) is 0.968. The van der Waals surface area contributed by atoms with Crippen molar-refractivity contribution >= 4 is 0 Å². The van der Waals surface area contributed by atoms with Crippen molar-refractivity contribution in [1.82, 2.24) is 5.32 Å². The lowest BCUT2D eigenvalue weighted by atomic mass is 9.85. The summed E-state index contributed by atoms with van der Waals surface area (Å²) in [4.78, 5) is 0. The zero-order valence-electron chi connectivity index (χ0n) is 6.77. The van der Waals surface area contributed by atoms with E-state index in [0.29, 0.717) is 0 Å². The lowest BCUT2D eigenvalue weighted by Crippen LogP contribution is -2.35. The summed E-state index contributed by atoms with van der Waals surface area (Å²) in [6.45, 7) is 5.00. The molecule has 3 unspecified atom stereocenters. The molecule has 0 spiro atoms. The topological polar surface area (TPSA) is 12.0 Å². The maximum atomic E-state index is 3.48. The first-order valence-corrected chi connectivity index (χ1v) is 4.58. The summed E-state index contributed by atoms with van der Waals surface area (Å²) in [7, 11) is 0. The zero-order valence-corrected chi connectivity index (χ0v) is 6.77. The molecule has 58 valence electrons. The first kappa shape index (κ1) is 6.66. The largest absolute Gasteiger partial charge is 0.316 e. The number of rotatable bonds is 0. The van der Waals surface area contributed by atoms with Gasteiger partial charge in [-0.25, -0.2) is 0 Å². The second-order valence-electron chi connectivity index (χ2n) is 3.97. The summed E-state index contributed by atoms with van der Waals surface area (Å²) in [5.74, 6) is 3.12. The van der Waals surface area contributed by atoms with E-state index in [4.69, 9.17) is 0 Å². The molecule has 2 fully saturated rings. The van der Waals surface area contributed by atoms with Gasteiger partial charge in [0.2, 0.25) is 0 Å². The maximum Gasteiger partial charge on any atom is -0.00178 e. The van der Waals surface area contributed by atoms with Crippen LogP contribution in [0, 0.1) is 17.8 Å². The van der Waals surface area contributed by atoms with Crippen molar-refractivity contribution in [2.75, 3.05) is 13.1 Å². The van der Waals surface area contributed by atoms with Crippen molar-refractivity contribution in [1.29, 1.82) is 0 Å². The Morgan fingerprint density at radius 3 is 2.90 bits per heavy atom. The van der Waals surface area contributed by atoms with Crippen LogP contribution in [-0.2, 0) is 0 Å². The van der Waals surface area contributed by atoms with Gasteiger partial charge < -0.3 is 5.32 Å². The van der Waals surface area contributed by atoms with Gasteiger partial charge in [0, 0.05) is 0 Å². The molecular formula is C9H17N. The fourth-order valence-corrected chi connectivity index (χ4v) is 2.70. The van der Waals surface area contributed by atoms with Crippen LogP contribution in [0.25, 0.3) is 0 Å². The first-order chi connectivity index (χ1) is 4.88. The second-order valence-corrected chi connectivity index (χ2v) is 3.97. The molecule has 1 heteroatoms. The molecule has 0 radical (unpaired) electrons. The van der Waals surface area contributed by atoms with Gasteiger partial charge in [-0.2, -0.15) is 0 Å². The Kier molecular flexibility index (Phi) is 1.69. The van der Waals surface area contributed by atoms with E-state index in [9.17, 15) is 0 Å². The van der Waals surface area contributed by atoms with Gasteiger partial charge in [-0.3, -0.25) is 0 Å². The van der Waals surface area contributed by atoms with Crippen LogP contribution in [0.4, 0.5) is 0 Å². The average Bonchev–Trinajstić information content (AvgIpc) is 2.34. The highest BCUT2D eigenvalue weighted by Crippen LogP contribution is 2.39. The molecule has 10 heavy (non-hydrogen) atoms. The molecule has 1 saturated heterocycles. The van der Waals surface area contributed by atoms with Crippen molar-refractivity contribution in [2.24, 2.45) is 17.8 Å². The molecule has 1 N–H and O–H groups in total. The van der Waals surface area contributed by atoms with Gasteiger partial charge >= 0.3 is 0 Å². The summed E-state index contributed by atoms with van der Waals surface area (Å²) in [6.07, 6.45) is 4.40. The highest BCUT2D eigenvalue weighted by molar-refractivity contribution is 4.87. The Morgan fingerprint density at radius 2 is 2.10 bits per heavy atom. The highest BCUT2D eigenvalue weighted by atomic mass is 14.9. The third-order valence-corrected chi connectivity index (χ3v) is 3.39. The molecule has 0 aromatic heterocycles. The third-order valence-electron chi connectivity index (χ3n) is 3.39. The SMILES string of the molecule is CC1CCC2CNCCC12. The molecule has 0 aromatic carbocycles. The van der Waals surface area contributed by atoms with Crippen molar-refractivity contribution < 1.29 is 0 Å². The normalized spacial score (nSPS) is 47.1. The Labute approximate surface area is 63.2 Å². The Balaban J connectivity index is 2.01. The molecule has 2 rings (SSSR count). The van der Waals surface area contributed by atoms with E-state index < -0.39 is 0 Å². The van der Waals surface area contributed by atoms with Crippen LogP contribution < -0.4 is 5.32 Å². The number of fused-ring (bicyclic) bond motifs is 1. The summed E-state index contributed by atoms with van der Waals surface area (Å²) < 4.78 is 0. The van der Waals surface area contributed by atoms with Crippen LogP contribution in [0.5, 0.6) is 0 Å². The van der Waals surface area contributed by atoms with Crippen LogP contribution in [-0.4, -0.2) is 13.1 Å². The van der Waals surface area contributed by atoms with Gasteiger partial charge in [0.15, 0.2) is 0 Å². The molecule has 2 aliphatic rings. The number of hydrogen-bond acceptors (Lipinski definition) is 1. The van der Waals surface area contributed by atoms with E-state index in [0.717, 1.165) is 17.8 Å². The summed E-state index contributed by atoms with van der Waals surface area (Å²) in [5.41, 5.74) is 0. The molecule has 1 nitrogen and oxygen atoms in total. The molecule has 0 amide bonds. The van der Waals surface area contributed by atoms with Crippen molar-refractivity contribution in [3.63, 3.8) is 0 Å². The van der Waals surface area contributed by atoms with E-state index in [1.807, 2.05) is 0 Å². The Bertz CT molecular complexity index is 120. The fraction of sp³-hybridized carbons (Fsp3) is 1.00. The van der Waals surface area contributed by atoms with Crippen molar-refractivity contribution in [2.45, 2.75) is 26.2 Å². The molecule has 0 aromatic rings. The van der Waals surface area contributed by atoms with Crippen LogP contribution in [0.15, 0.2) is 0 Å². The molecule has 1 saturated carbocycles. The van der Waals surface area contributed by atoms with Gasteiger partial charge in [0.25, 0.3) is 0 Å². The molecule has 1 aliphatic carbocycles. The average molecular weight is 139 g/mol. The zero-order chi connectivity index (χ0) is 6.97. The van der Waals surface area contributed by atoms with Crippen LogP contribution >= 0.6 is 0 Å². The van der Waals surface area contributed by atoms with E-state index in [1.54, 1.807) is 0 Å². The van der Waals surface area contributed by atoms with E-state index in [1.165, 1.54) is 32.4 Å². The molecule has 1 heterocycles. The number of hydrogen-bond donors (Lipinski definition) is 1. The van der Waals surface area contributed by atoms with Crippen molar-refractivity contribution in [3.8, 4) is 0 Å². The minimum absolute atomic E-state index is 1.02. The van der Waals surface area contributed by atoms with E-state index in [-0.39, 0.29) is 0 Å². The smallest absolute Gasteiger partial charge is 0.00178 e. The van der Waals surface area contributed by atoms with Crippen LogP contribution in [0.1, 0.15) is 26.2 Å². The lowest BCUT2D eigenvalue weighted by molar-refractivity contribution is 0.253. The fourth-order valence-electron chi connectivity index (χ4n) is 2.70. The monoisotopic (exact) mass is 139 g/mol. The number of nitrogens with one attached hydrogen (secondary N) is 1. The van der Waals surface area contributed by atoms with Crippen molar-refractivity contribution in [3.05, 3.63) is 0 Å². The highest BCUT2D eigenvalue weighted by Gasteiger charge is 2.34. The predicted octanol–water partition coefficient (Wildman–Crippen LogP) is 1.64. The maximum absolute atomic E-state index is 3.48. The van der Waals surface area contributed by atoms with Gasteiger partial charge in [-0.15, -0.1) is 0 Å². The summed E-state index contributed by atoms with van der Waals surface area (Å²) >= 11 is 0. The van der Waals surface area contributed by atoms with Gasteiger partial charge in [-0.05, 0) is 43.7 Å². The molecule has 1 aliphatic heterocycles. The minimum atomic E-state index is 1.02. The van der Waals surface area contributed by atoms with E-state index in [2.05, 4.69) is 12.2 Å². The van der Waals surface area contributed by atoms with Crippen LogP contribution in [0.2, 0.25) is 0 Å². The standard InChI is InChI=1S/C9H17N/c1-7-2-3-8-6-10-5-4-9(7)8/h7-10H,2-6H2,1H3. The molecule has 0 bridgehead atoms. The lowest BCUT2D eigenvalue weighted by Gasteiger charge is -2.28. The van der Waals surface area contributed by atoms with E-state index >= 15 is 0 Å². The minimum Gasteiger partial charge on any atom is -0.316 e. The number of piperidine rings is 1.